The predicted octanol–water partition coefficient (Wildman–Crippen LogP) is 2.47. The number of aryl methyl sites for hydroxylation is 1. The average Bonchev–Trinajstić information content (AvgIpc) is 2.45. The topological polar surface area (TPSA) is 51.2 Å². The maximum absolute atomic E-state index is 13.2. The molecule has 0 aliphatic carbocycles. The molecule has 104 valence electrons. The van der Waals surface area contributed by atoms with E-state index in [2.05, 4.69) is 10.3 Å². The molecule has 0 aliphatic heterocycles. The summed E-state index contributed by atoms with van der Waals surface area (Å²) in [6.45, 7) is 2.15. The van der Waals surface area contributed by atoms with Crippen LogP contribution in [0.15, 0.2) is 36.4 Å². The van der Waals surface area contributed by atoms with Crippen molar-refractivity contribution >= 4 is 5.91 Å². The first kappa shape index (κ1) is 14.0. The van der Waals surface area contributed by atoms with Gasteiger partial charge in [0.1, 0.15) is 11.6 Å². The van der Waals surface area contributed by atoms with Gasteiger partial charge in [-0.2, -0.15) is 0 Å². The second-order valence-corrected chi connectivity index (χ2v) is 4.30. The van der Waals surface area contributed by atoms with E-state index < -0.39 is 11.7 Å². The Labute approximate surface area is 116 Å². The van der Waals surface area contributed by atoms with Crippen molar-refractivity contribution in [1.82, 2.24) is 10.3 Å². The number of carbonyl (C=O) groups excluding carboxylic acids is 1. The van der Waals surface area contributed by atoms with Crippen LogP contribution in [-0.2, 0) is 6.54 Å². The molecule has 0 saturated heterocycles. The van der Waals surface area contributed by atoms with Gasteiger partial charge in [0.2, 0.25) is 0 Å². The summed E-state index contributed by atoms with van der Waals surface area (Å²) in [6.07, 6.45) is 0. The first-order valence-electron chi connectivity index (χ1n) is 6.14. The summed E-state index contributed by atoms with van der Waals surface area (Å²) in [5.74, 6) is -0.546. The van der Waals surface area contributed by atoms with Gasteiger partial charge in [0.25, 0.3) is 5.91 Å². The lowest BCUT2D eigenvalue weighted by Gasteiger charge is -2.09. The summed E-state index contributed by atoms with van der Waals surface area (Å²) in [7, 11) is 1.44. The van der Waals surface area contributed by atoms with Crippen LogP contribution in [0.4, 0.5) is 4.39 Å². The Morgan fingerprint density at radius 2 is 2.15 bits per heavy atom. The van der Waals surface area contributed by atoms with Crippen molar-refractivity contribution in [2.45, 2.75) is 13.5 Å². The SMILES string of the molecule is COc1ccc(F)cc1C(=O)NCc1cccc(C)n1. The fraction of sp³-hybridized carbons (Fsp3) is 0.200. The van der Waals surface area contributed by atoms with Gasteiger partial charge in [-0.15, -0.1) is 0 Å². The fourth-order valence-electron chi connectivity index (χ4n) is 1.82. The van der Waals surface area contributed by atoms with Gasteiger partial charge in [-0.25, -0.2) is 4.39 Å². The van der Waals surface area contributed by atoms with E-state index in [4.69, 9.17) is 4.74 Å². The van der Waals surface area contributed by atoms with Crippen molar-refractivity contribution in [3.05, 3.63) is 59.2 Å². The highest BCUT2D eigenvalue weighted by molar-refractivity contribution is 5.96. The van der Waals surface area contributed by atoms with Crippen molar-refractivity contribution in [2.24, 2.45) is 0 Å². The average molecular weight is 274 g/mol. The van der Waals surface area contributed by atoms with Crippen LogP contribution in [0.3, 0.4) is 0 Å². The summed E-state index contributed by atoms with van der Waals surface area (Å²) in [6, 6.07) is 9.38. The number of nitrogens with zero attached hydrogens (tertiary/aromatic N) is 1. The molecule has 4 nitrogen and oxygen atoms in total. The minimum atomic E-state index is -0.482. The zero-order valence-corrected chi connectivity index (χ0v) is 11.3. The third-order valence-electron chi connectivity index (χ3n) is 2.78. The summed E-state index contributed by atoms with van der Waals surface area (Å²) in [5, 5.41) is 2.70. The zero-order valence-electron chi connectivity index (χ0n) is 11.3. The van der Waals surface area contributed by atoms with E-state index in [1.165, 1.54) is 19.2 Å². The van der Waals surface area contributed by atoms with E-state index in [9.17, 15) is 9.18 Å². The Hall–Kier alpha value is -2.43. The van der Waals surface area contributed by atoms with Crippen LogP contribution in [0.25, 0.3) is 0 Å². The number of benzene rings is 1. The van der Waals surface area contributed by atoms with Gasteiger partial charge >= 0.3 is 0 Å². The first-order valence-corrected chi connectivity index (χ1v) is 6.14. The molecule has 0 unspecified atom stereocenters. The molecule has 0 spiro atoms. The molecule has 1 aromatic carbocycles. The van der Waals surface area contributed by atoms with Gasteiger partial charge in [0.05, 0.1) is 24.9 Å². The molecule has 0 radical (unpaired) electrons. The molecule has 1 amide bonds. The van der Waals surface area contributed by atoms with E-state index in [1.54, 1.807) is 0 Å². The van der Waals surface area contributed by atoms with Gasteiger partial charge in [0, 0.05) is 5.69 Å². The number of methoxy groups -OCH3 is 1. The smallest absolute Gasteiger partial charge is 0.255 e. The number of halogens is 1. The lowest BCUT2D eigenvalue weighted by Crippen LogP contribution is -2.24. The molecule has 1 aromatic heterocycles. The highest BCUT2D eigenvalue weighted by Crippen LogP contribution is 2.19. The number of pyridine rings is 1. The third-order valence-corrected chi connectivity index (χ3v) is 2.78. The van der Waals surface area contributed by atoms with Crippen LogP contribution in [0.5, 0.6) is 5.75 Å². The molecule has 0 bridgehead atoms. The second kappa shape index (κ2) is 6.14. The Kier molecular flexibility index (Phi) is 4.30. The number of nitrogens with one attached hydrogen (secondary N) is 1. The normalized spacial score (nSPS) is 10.2. The number of aromatic nitrogens is 1. The van der Waals surface area contributed by atoms with E-state index in [1.807, 2.05) is 25.1 Å². The predicted molar refractivity (Wildman–Crippen MR) is 73.1 cm³/mol. The van der Waals surface area contributed by atoms with E-state index >= 15 is 0 Å². The molecule has 2 aromatic rings. The Morgan fingerprint density at radius 1 is 1.35 bits per heavy atom. The summed E-state index contributed by atoms with van der Waals surface area (Å²) in [4.78, 5) is 16.3. The van der Waals surface area contributed by atoms with E-state index in [0.717, 1.165) is 17.5 Å². The molecular formula is C15H15FN2O2. The Balaban J connectivity index is 2.10. The third kappa shape index (κ3) is 3.32. The van der Waals surface area contributed by atoms with Crippen molar-refractivity contribution in [1.29, 1.82) is 0 Å². The van der Waals surface area contributed by atoms with Crippen molar-refractivity contribution in [3.8, 4) is 5.75 Å². The van der Waals surface area contributed by atoms with Gasteiger partial charge in [-0.3, -0.25) is 9.78 Å². The molecular weight excluding hydrogens is 259 g/mol. The zero-order chi connectivity index (χ0) is 14.5. The minimum Gasteiger partial charge on any atom is -0.496 e. The van der Waals surface area contributed by atoms with Gasteiger partial charge in [0.15, 0.2) is 0 Å². The molecule has 1 heterocycles. The maximum atomic E-state index is 13.2. The van der Waals surface area contributed by atoms with E-state index in [-0.39, 0.29) is 12.1 Å². The first-order chi connectivity index (χ1) is 9.60. The largest absolute Gasteiger partial charge is 0.496 e. The number of rotatable bonds is 4. The number of ether oxygens (including phenoxy) is 1. The van der Waals surface area contributed by atoms with Crippen LogP contribution in [-0.4, -0.2) is 18.0 Å². The number of amides is 1. The summed E-state index contributed by atoms with van der Waals surface area (Å²) in [5.41, 5.74) is 1.79. The molecule has 1 N–H and O–H groups in total. The monoisotopic (exact) mass is 274 g/mol. The van der Waals surface area contributed by atoms with Crippen LogP contribution in [0.2, 0.25) is 0 Å². The van der Waals surface area contributed by atoms with Crippen LogP contribution >= 0.6 is 0 Å². The minimum absolute atomic E-state index is 0.167. The highest BCUT2D eigenvalue weighted by atomic mass is 19.1. The number of hydrogen-bond acceptors (Lipinski definition) is 3. The lowest BCUT2D eigenvalue weighted by molar-refractivity contribution is 0.0947. The van der Waals surface area contributed by atoms with Crippen molar-refractivity contribution in [3.63, 3.8) is 0 Å². The number of hydrogen-bond donors (Lipinski definition) is 1. The van der Waals surface area contributed by atoms with Gasteiger partial charge in [-0.1, -0.05) is 6.07 Å². The highest BCUT2D eigenvalue weighted by Gasteiger charge is 2.13. The molecule has 20 heavy (non-hydrogen) atoms. The standard InChI is InChI=1S/C15H15FN2O2/c1-10-4-3-5-12(18-10)9-17-15(19)13-8-11(16)6-7-14(13)20-2/h3-8H,9H2,1-2H3,(H,17,19). The lowest BCUT2D eigenvalue weighted by atomic mass is 10.2. The molecule has 2 rings (SSSR count). The van der Waals surface area contributed by atoms with E-state index in [0.29, 0.717) is 5.75 Å². The summed E-state index contributed by atoms with van der Waals surface area (Å²) >= 11 is 0. The number of carbonyl (C=O) groups is 1. The molecule has 0 saturated carbocycles. The molecule has 5 heteroatoms. The van der Waals surface area contributed by atoms with Crippen molar-refractivity contribution < 1.29 is 13.9 Å². The maximum Gasteiger partial charge on any atom is 0.255 e. The van der Waals surface area contributed by atoms with Crippen LogP contribution < -0.4 is 10.1 Å². The van der Waals surface area contributed by atoms with Crippen molar-refractivity contribution in [2.75, 3.05) is 7.11 Å². The van der Waals surface area contributed by atoms with Crippen LogP contribution in [0.1, 0.15) is 21.7 Å². The molecule has 0 fully saturated rings. The van der Waals surface area contributed by atoms with Crippen LogP contribution in [0, 0.1) is 12.7 Å². The quantitative estimate of drug-likeness (QED) is 0.931. The molecule has 0 aliphatic rings. The summed E-state index contributed by atoms with van der Waals surface area (Å²) < 4.78 is 18.3. The van der Waals surface area contributed by atoms with Gasteiger partial charge < -0.3 is 10.1 Å². The van der Waals surface area contributed by atoms with Gasteiger partial charge in [-0.05, 0) is 37.3 Å². The second-order valence-electron chi connectivity index (χ2n) is 4.30. The Bertz CT molecular complexity index is 629. The fourth-order valence-corrected chi connectivity index (χ4v) is 1.82. The molecule has 0 atom stereocenters. The Morgan fingerprint density at radius 3 is 2.85 bits per heavy atom.